The quantitative estimate of drug-likeness (QED) is 0.602. The van der Waals surface area contributed by atoms with Gasteiger partial charge in [0.15, 0.2) is 11.5 Å². The molecule has 0 spiro atoms. The van der Waals surface area contributed by atoms with Gasteiger partial charge in [-0.3, -0.25) is 0 Å². The molecule has 0 unspecified atom stereocenters. The molecule has 5 nitrogen and oxygen atoms in total. The van der Waals surface area contributed by atoms with Crippen molar-refractivity contribution < 1.29 is 19.4 Å². The fourth-order valence-corrected chi connectivity index (χ4v) is 1.41. The number of methoxy groups -OCH3 is 1. The number of nitrogens with zero attached hydrogens (tertiary/aromatic N) is 1. The highest BCUT2D eigenvalue weighted by Gasteiger charge is 2.04. The largest absolute Gasteiger partial charge is 0.493 e. The molecule has 0 radical (unpaired) electrons. The van der Waals surface area contributed by atoms with Gasteiger partial charge in [0.25, 0.3) is 0 Å². The molecule has 1 aromatic rings. The van der Waals surface area contributed by atoms with Crippen molar-refractivity contribution >= 4 is 12.0 Å². The van der Waals surface area contributed by atoms with Crippen LogP contribution in [0.5, 0.6) is 11.5 Å². The fraction of sp³-hybridized carbons (Fsp3) is 0.286. The SMILES string of the molecule is COc1ccc(/C=C/C(=O)O)cc1OCCCC#N. The number of aliphatic carboxylic acids is 1. The summed E-state index contributed by atoms with van der Waals surface area (Å²) in [5.74, 6) is 0.102. The molecule has 0 heterocycles. The normalized spacial score (nSPS) is 10.1. The maximum atomic E-state index is 10.5. The van der Waals surface area contributed by atoms with E-state index in [1.54, 1.807) is 18.2 Å². The molecule has 5 heteroatoms. The van der Waals surface area contributed by atoms with Gasteiger partial charge in [0.1, 0.15) is 0 Å². The Morgan fingerprint density at radius 3 is 2.89 bits per heavy atom. The minimum absolute atomic E-state index is 0.413. The van der Waals surface area contributed by atoms with E-state index >= 15 is 0 Å². The number of carboxylic acids is 1. The van der Waals surface area contributed by atoms with Crippen LogP contribution in [0.25, 0.3) is 6.08 Å². The van der Waals surface area contributed by atoms with Crippen molar-refractivity contribution in [3.8, 4) is 17.6 Å². The highest BCUT2D eigenvalue weighted by atomic mass is 16.5. The van der Waals surface area contributed by atoms with E-state index in [1.807, 2.05) is 6.07 Å². The van der Waals surface area contributed by atoms with E-state index in [0.29, 0.717) is 36.5 Å². The van der Waals surface area contributed by atoms with Gasteiger partial charge in [0.2, 0.25) is 0 Å². The van der Waals surface area contributed by atoms with E-state index in [1.165, 1.54) is 13.2 Å². The molecule has 19 heavy (non-hydrogen) atoms. The molecule has 100 valence electrons. The highest BCUT2D eigenvalue weighted by Crippen LogP contribution is 2.28. The number of nitriles is 1. The molecule has 1 rings (SSSR count). The first kappa shape index (κ1) is 14.6. The van der Waals surface area contributed by atoms with Gasteiger partial charge in [-0.05, 0) is 30.2 Å². The molecule has 0 aliphatic carbocycles. The molecule has 0 amide bonds. The van der Waals surface area contributed by atoms with Crippen molar-refractivity contribution in [2.45, 2.75) is 12.8 Å². The van der Waals surface area contributed by atoms with Crippen LogP contribution in [0.3, 0.4) is 0 Å². The van der Waals surface area contributed by atoms with Gasteiger partial charge < -0.3 is 14.6 Å². The van der Waals surface area contributed by atoms with Crippen molar-refractivity contribution in [2.75, 3.05) is 13.7 Å². The number of hydrogen-bond acceptors (Lipinski definition) is 4. The van der Waals surface area contributed by atoms with E-state index in [4.69, 9.17) is 19.8 Å². The molecule has 0 aromatic heterocycles. The van der Waals surface area contributed by atoms with E-state index in [2.05, 4.69) is 0 Å². The molecule has 0 atom stereocenters. The van der Waals surface area contributed by atoms with Gasteiger partial charge in [-0.25, -0.2) is 4.79 Å². The molecule has 0 aliphatic rings. The third-order valence-corrected chi connectivity index (χ3v) is 2.30. The van der Waals surface area contributed by atoms with Crippen molar-refractivity contribution in [3.05, 3.63) is 29.8 Å². The molecule has 0 saturated carbocycles. The molecule has 0 aliphatic heterocycles. The standard InChI is InChI=1S/C14H15NO4/c1-18-12-6-4-11(5-7-14(16)17)10-13(12)19-9-3-2-8-15/h4-7,10H,2-3,9H2,1H3,(H,16,17)/b7-5+. The van der Waals surface area contributed by atoms with Crippen molar-refractivity contribution in [3.63, 3.8) is 0 Å². The van der Waals surface area contributed by atoms with Crippen molar-refractivity contribution in [1.29, 1.82) is 5.26 Å². The second-order valence-corrected chi connectivity index (χ2v) is 3.69. The second kappa shape index (κ2) is 7.77. The number of hydrogen-bond donors (Lipinski definition) is 1. The Balaban J connectivity index is 2.78. The Hall–Kier alpha value is -2.48. The van der Waals surface area contributed by atoms with E-state index in [-0.39, 0.29) is 0 Å². The number of benzene rings is 1. The lowest BCUT2D eigenvalue weighted by Crippen LogP contribution is -1.99. The average Bonchev–Trinajstić information content (AvgIpc) is 2.41. The van der Waals surface area contributed by atoms with Crippen LogP contribution in [0.4, 0.5) is 0 Å². The summed E-state index contributed by atoms with van der Waals surface area (Å²) in [6, 6.07) is 7.18. The lowest BCUT2D eigenvalue weighted by Gasteiger charge is -2.10. The minimum atomic E-state index is -1.01. The summed E-state index contributed by atoms with van der Waals surface area (Å²) in [7, 11) is 1.53. The summed E-state index contributed by atoms with van der Waals surface area (Å²) in [4.78, 5) is 10.5. The van der Waals surface area contributed by atoms with Crippen LogP contribution < -0.4 is 9.47 Å². The summed E-state index contributed by atoms with van der Waals surface area (Å²) in [5.41, 5.74) is 0.707. The first-order chi connectivity index (χ1) is 9.17. The van der Waals surface area contributed by atoms with Gasteiger partial charge in [0, 0.05) is 12.5 Å². The monoisotopic (exact) mass is 261 g/mol. The van der Waals surface area contributed by atoms with Crippen LogP contribution in [0.15, 0.2) is 24.3 Å². The summed E-state index contributed by atoms with van der Waals surface area (Å²) in [6.45, 7) is 0.413. The topological polar surface area (TPSA) is 79.6 Å². The van der Waals surface area contributed by atoms with Gasteiger partial charge in [0.05, 0.1) is 19.8 Å². The van der Waals surface area contributed by atoms with Gasteiger partial charge in [-0.15, -0.1) is 0 Å². The Labute approximate surface area is 111 Å². The molecule has 0 bridgehead atoms. The van der Waals surface area contributed by atoms with Crippen LogP contribution >= 0.6 is 0 Å². The number of rotatable bonds is 7. The number of carboxylic acid groups (broad SMARTS) is 1. The summed E-state index contributed by atoms with van der Waals surface area (Å²) in [5, 5.41) is 17.0. The van der Waals surface area contributed by atoms with Crippen molar-refractivity contribution in [1.82, 2.24) is 0 Å². The second-order valence-electron chi connectivity index (χ2n) is 3.69. The fourth-order valence-electron chi connectivity index (χ4n) is 1.41. The number of carbonyl (C=O) groups is 1. The van der Waals surface area contributed by atoms with E-state index < -0.39 is 5.97 Å². The lowest BCUT2D eigenvalue weighted by molar-refractivity contribution is -0.131. The summed E-state index contributed by atoms with van der Waals surface area (Å²) >= 11 is 0. The van der Waals surface area contributed by atoms with E-state index in [0.717, 1.165) is 6.08 Å². The first-order valence-electron chi connectivity index (χ1n) is 5.76. The van der Waals surface area contributed by atoms with Gasteiger partial charge >= 0.3 is 5.97 Å². The summed E-state index contributed by atoms with van der Waals surface area (Å²) in [6.07, 6.45) is 3.60. The maximum absolute atomic E-state index is 10.5. The summed E-state index contributed by atoms with van der Waals surface area (Å²) < 4.78 is 10.7. The molecular formula is C14H15NO4. The minimum Gasteiger partial charge on any atom is -0.493 e. The van der Waals surface area contributed by atoms with Crippen LogP contribution in [-0.4, -0.2) is 24.8 Å². The number of ether oxygens (including phenoxy) is 2. The molecule has 0 saturated heterocycles. The van der Waals surface area contributed by atoms with Gasteiger partial charge in [-0.1, -0.05) is 6.07 Å². The van der Waals surface area contributed by atoms with E-state index in [9.17, 15) is 4.79 Å². The molecule has 1 aromatic carbocycles. The Morgan fingerprint density at radius 1 is 1.47 bits per heavy atom. The zero-order valence-corrected chi connectivity index (χ0v) is 10.6. The predicted octanol–water partition coefficient (Wildman–Crippen LogP) is 2.48. The molecular weight excluding hydrogens is 246 g/mol. The zero-order chi connectivity index (χ0) is 14.1. The van der Waals surface area contributed by atoms with Crippen LogP contribution in [-0.2, 0) is 4.79 Å². The predicted molar refractivity (Wildman–Crippen MR) is 70.0 cm³/mol. The molecule has 0 fully saturated rings. The number of unbranched alkanes of at least 4 members (excludes halogenated alkanes) is 1. The molecule has 1 N–H and O–H groups in total. The van der Waals surface area contributed by atoms with Crippen LogP contribution in [0.1, 0.15) is 18.4 Å². The maximum Gasteiger partial charge on any atom is 0.328 e. The lowest BCUT2D eigenvalue weighted by atomic mass is 10.2. The highest BCUT2D eigenvalue weighted by molar-refractivity contribution is 5.85. The smallest absolute Gasteiger partial charge is 0.328 e. The third kappa shape index (κ3) is 5.13. The Kier molecular flexibility index (Phi) is 5.96. The first-order valence-corrected chi connectivity index (χ1v) is 5.76. The average molecular weight is 261 g/mol. The van der Waals surface area contributed by atoms with Crippen LogP contribution in [0, 0.1) is 11.3 Å². The zero-order valence-electron chi connectivity index (χ0n) is 10.6. The van der Waals surface area contributed by atoms with Crippen molar-refractivity contribution in [2.24, 2.45) is 0 Å². The third-order valence-electron chi connectivity index (χ3n) is 2.30. The Morgan fingerprint density at radius 2 is 2.26 bits per heavy atom. The Bertz CT molecular complexity index is 503. The van der Waals surface area contributed by atoms with Crippen LogP contribution in [0.2, 0.25) is 0 Å². The van der Waals surface area contributed by atoms with Gasteiger partial charge in [-0.2, -0.15) is 5.26 Å².